The smallest absolute Gasteiger partial charge is 0.257 e. The second kappa shape index (κ2) is 8.19. The first-order valence-corrected chi connectivity index (χ1v) is 12.2. The zero-order valence-corrected chi connectivity index (χ0v) is 18.0. The van der Waals surface area contributed by atoms with E-state index in [1.165, 1.54) is 23.5 Å². The molecule has 2 aliphatic rings. The number of aryl methyl sites for hydroxylation is 1. The first-order valence-electron chi connectivity index (χ1n) is 9.82. The predicted molar refractivity (Wildman–Crippen MR) is 113 cm³/mol. The Labute approximate surface area is 178 Å². The van der Waals surface area contributed by atoms with Gasteiger partial charge in [0.05, 0.1) is 15.8 Å². The normalized spacial score (nSPS) is 24.8. The summed E-state index contributed by atoms with van der Waals surface area (Å²) >= 11 is 1.28. The highest BCUT2D eigenvalue weighted by atomic mass is 32.2. The zero-order valence-electron chi connectivity index (χ0n) is 16.3. The van der Waals surface area contributed by atoms with E-state index in [0.717, 1.165) is 5.69 Å². The van der Waals surface area contributed by atoms with Crippen molar-refractivity contribution >= 4 is 37.8 Å². The maximum atomic E-state index is 13.7. The van der Waals surface area contributed by atoms with Crippen LogP contribution in [-0.4, -0.2) is 36.9 Å². The number of allylic oxidation sites excluding steroid dienone is 1. The molecule has 1 amide bonds. The van der Waals surface area contributed by atoms with Crippen LogP contribution in [0.15, 0.2) is 40.6 Å². The van der Waals surface area contributed by atoms with E-state index < -0.39 is 34.0 Å². The van der Waals surface area contributed by atoms with Crippen LogP contribution >= 0.6 is 11.3 Å². The molecule has 5 nitrogen and oxygen atoms in total. The summed E-state index contributed by atoms with van der Waals surface area (Å²) in [5, 5.41) is 4.63. The van der Waals surface area contributed by atoms with E-state index in [1.54, 1.807) is 23.6 Å². The molecule has 2 aromatic rings. The van der Waals surface area contributed by atoms with Crippen molar-refractivity contribution in [2.45, 2.75) is 55.1 Å². The van der Waals surface area contributed by atoms with Gasteiger partial charge >= 0.3 is 0 Å². The van der Waals surface area contributed by atoms with Crippen LogP contribution in [0, 0.1) is 12.8 Å². The van der Waals surface area contributed by atoms with Gasteiger partial charge in [-0.2, -0.15) is 0 Å². The lowest BCUT2D eigenvalue weighted by atomic mass is 9.98. The summed E-state index contributed by atoms with van der Waals surface area (Å²) in [5.74, 6) is -0.858. The van der Waals surface area contributed by atoms with E-state index in [1.807, 2.05) is 6.92 Å². The van der Waals surface area contributed by atoms with Gasteiger partial charge in [0.15, 0.2) is 15.0 Å². The Morgan fingerprint density at radius 3 is 2.33 bits per heavy atom. The number of thiazole rings is 1. The number of sulfone groups is 1. The average molecular weight is 453 g/mol. The van der Waals surface area contributed by atoms with Crippen LogP contribution in [0.4, 0.5) is 13.9 Å². The Balaban J connectivity index is 1.63. The number of amides is 1. The highest BCUT2D eigenvalue weighted by molar-refractivity contribution is 7.92. The molecule has 1 N–H and O–H groups in total. The molecule has 2 aliphatic carbocycles. The molecule has 2 fully saturated rings. The minimum atomic E-state index is -3.34. The van der Waals surface area contributed by atoms with Crippen molar-refractivity contribution < 1.29 is 22.0 Å². The van der Waals surface area contributed by atoms with Crippen LogP contribution < -0.4 is 5.32 Å². The number of halogens is 2. The summed E-state index contributed by atoms with van der Waals surface area (Å²) in [6, 6.07) is 6.12. The van der Waals surface area contributed by atoms with Crippen molar-refractivity contribution in [2.75, 3.05) is 5.32 Å². The SMILES string of the molecule is Cc1csc(NC(=O)/C(=C/C2C[C@@H](F)[C@@H](F)C2)c2ccc(S(=O)(=O)C3CC3)cc2)n1. The Bertz CT molecular complexity index is 1070. The van der Waals surface area contributed by atoms with Crippen molar-refractivity contribution in [2.24, 2.45) is 5.92 Å². The number of nitrogens with one attached hydrogen (secondary N) is 1. The largest absolute Gasteiger partial charge is 0.298 e. The molecular weight excluding hydrogens is 430 g/mol. The number of alkyl halides is 2. The predicted octanol–water partition coefficient (Wildman–Crippen LogP) is 4.50. The summed E-state index contributed by atoms with van der Waals surface area (Å²) in [5.41, 5.74) is 1.52. The van der Waals surface area contributed by atoms with Crippen molar-refractivity contribution in [3.05, 3.63) is 47.0 Å². The van der Waals surface area contributed by atoms with Gasteiger partial charge in [-0.25, -0.2) is 22.2 Å². The number of rotatable bonds is 6. The average Bonchev–Trinajstić information content (AvgIpc) is 3.42. The molecule has 0 bridgehead atoms. The lowest BCUT2D eigenvalue weighted by Crippen LogP contribution is -2.15. The van der Waals surface area contributed by atoms with Crippen molar-refractivity contribution in [3.63, 3.8) is 0 Å². The third-order valence-corrected chi connectivity index (χ3v) is 8.55. The van der Waals surface area contributed by atoms with Crippen LogP contribution in [-0.2, 0) is 14.6 Å². The lowest BCUT2D eigenvalue weighted by Gasteiger charge is -2.12. The third-order valence-electron chi connectivity index (χ3n) is 5.39. The van der Waals surface area contributed by atoms with Gasteiger partial charge in [-0.1, -0.05) is 18.2 Å². The highest BCUT2D eigenvalue weighted by Crippen LogP contribution is 2.36. The maximum Gasteiger partial charge on any atom is 0.257 e. The number of benzene rings is 1. The minimum Gasteiger partial charge on any atom is -0.298 e. The number of hydrogen-bond acceptors (Lipinski definition) is 5. The Kier molecular flexibility index (Phi) is 5.76. The molecule has 9 heteroatoms. The Morgan fingerprint density at radius 1 is 1.17 bits per heavy atom. The first-order chi connectivity index (χ1) is 14.2. The van der Waals surface area contributed by atoms with Gasteiger partial charge in [-0.3, -0.25) is 10.1 Å². The first kappa shape index (κ1) is 21.1. The lowest BCUT2D eigenvalue weighted by molar-refractivity contribution is -0.111. The summed E-state index contributed by atoms with van der Waals surface area (Å²) < 4.78 is 52.2. The molecule has 160 valence electrons. The van der Waals surface area contributed by atoms with Crippen molar-refractivity contribution in [1.82, 2.24) is 4.98 Å². The molecule has 0 spiro atoms. The molecule has 0 saturated heterocycles. The molecule has 1 aromatic heterocycles. The summed E-state index contributed by atoms with van der Waals surface area (Å²) in [6.07, 6.45) is -0.119. The van der Waals surface area contributed by atoms with Crippen molar-refractivity contribution in [1.29, 1.82) is 0 Å². The number of carbonyl (C=O) groups is 1. The number of anilines is 1. The molecule has 0 radical (unpaired) electrons. The maximum absolute atomic E-state index is 13.7. The number of nitrogens with zero attached hydrogens (tertiary/aromatic N) is 1. The van der Waals surface area contributed by atoms with E-state index in [9.17, 15) is 22.0 Å². The van der Waals surface area contributed by atoms with E-state index >= 15 is 0 Å². The second-order valence-corrected chi connectivity index (χ2v) is 10.9. The number of hydrogen-bond donors (Lipinski definition) is 1. The molecule has 1 heterocycles. The van der Waals surface area contributed by atoms with Crippen LogP contribution in [0.1, 0.15) is 36.9 Å². The van der Waals surface area contributed by atoms with E-state index in [4.69, 9.17) is 0 Å². The monoisotopic (exact) mass is 452 g/mol. The fourth-order valence-electron chi connectivity index (χ4n) is 3.62. The minimum absolute atomic E-state index is 0.0163. The zero-order chi connectivity index (χ0) is 21.5. The topological polar surface area (TPSA) is 76.1 Å². The van der Waals surface area contributed by atoms with Gasteiger partial charge in [0.2, 0.25) is 0 Å². The van der Waals surface area contributed by atoms with Gasteiger partial charge < -0.3 is 0 Å². The van der Waals surface area contributed by atoms with Crippen LogP contribution in [0.2, 0.25) is 0 Å². The van der Waals surface area contributed by atoms with Gasteiger partial charge in [0.1, 0.15) is 12.3 Å². The summed E-state index contributed by atoms with van der Waals surface area (Å²) in [7, 11) is -3.34. The second-order valence-electron chi connectivity index (χ2n) is 7.86. The van der Waals surface area contributed by atoms with Crippen LogP contribution in [0.3, 0.4) is 0 Å². The number of aromatic nitrogens is 1. The van der Waals surface area contributed by atoms with Gasteiger partial charge in [-0.15, -0.1) is 11.3 Å². The van der Waals surface area contributed by atoms with E-state index in [0.29, 0.717) is 23.5 Å². The quantitative estimate of drug-likeness (QED) is 0.655. The third kappa shape index (κ3) is 4.46. The molecule has 30 heavy (non-hydrogen) atoms. The van der Waals surface area contributed by atoms with E-state index in [2.05, 4.69) is 10.3 Å². The van der Waals surface area contributed by atoms with Gasteiger partial charge in [0.25, 0.3) is 5.91 Å². The van der Waals surface area contributed by atoms with Crippen LogP contribution in [0.25, 0.3) is 5.57 Å². The van der Waals surface area contributed by atoms with E-state index in [-0.39, 0.29) is 28.6 Å². The van der Waals surface area contributed by atoms with Crippen molar-refractivity contribution in [3.8, 4) is 0 Å². The molecular formula is C21H22F2N2O3S2. The highest BCUT2D eigenvalue weighted by Gasteiger charge is 2.37. The standard InChI is InChI=1S/C21H22F2N2O3S2/c1-12-11-29-21(24-12)25-20(26)17(8-13-9-18(22)19(23)10-13)14-2-4-15(5-3-14)30(27,28)16-6-7-16/h2-5,8,11,13,16,18-19H,6-7,9-10H2,1H3,(H,24,25,26)/b17-8+/t13?,18-,19+. The van der Waals surface area contributed by atoms with Gasteiger partial charge in [0, 0.05) is 11.0 Å². The van der Waals surface area contributed by atoms with Gasteiger partial charge in [-0.05, 0) is 56.2 Å². The number of carbonyl (C=O) groups excluding carboxylic acids is 1. The molecule has 4 rings (SSSR count). The molecule has 0 aliphatic heterocycles. The summed E-state index contributed by atoms with van der Waals surface area (Å²) in [6.45, 7) is 1.81. The van der Waals surface area contributed by atoms with Crippen LogP contribution in [0.5, 0.6) is 0 Å². The Hall–Kier alpha value is -2.13. The fourth-order valence-corrected chi connectivity index (χ4v) is 5.96. The summed E-state index contributed by atoms with van der Waals surface area (Å²) in [4.78, 5) is 17.4. The Morgan fingerprint density at radius 2 is 1.80 bits per heavy atom. The fraction of sp³-hybridized carbons (Fsp3) is 0.429. The molecule has 3 atom stereocenters. The molecule has 1 unspecified atom stereocenters. The molecule has 1 aromatic carbocycles. The molecule has 2 saturated carbocycles.